The molecule has 0 spiro atoms. The van der Waals surface area contributed by atoms with Gasteiger partial charge in [0.05, 0.1) is 6.04 Å². The van der Waals surface area contributed by atoms with E-state index in [4.69, 9.17) is 0 Å². The van der Waals surface area contributed by atoms with Crippen LogP contribution < -0.4 is 5.32 Å². The van der Waals surface area contributed by atoms with Crippen LogP contribution in [0.5, 0.6) is 0 Å². The van der Waals surface area contributed by atoms with Gasteiger partial charge in [0.15, 0.2) is 5.60 Å². The van der Waals surface area contributed by atoms with Gasteiger partial charge in [0.2, 0.25) is 0 Å². The second kappa shape index (κ2) is 5.08. The van der Waals surface area contributed by atoms with Crippen molar-refractivity contribution >= 4 is 17.7 Å². The summed E-state index contributed by atoms with van der Waals surface area (Å²) in [5.41, 5.74) is 2.59. The third-order valence-corrected chi connectivity index (χ3v) is 5.63. The summed E-state index contributed by atoms with van der Waals surface area (Å²) in [6.45, 7) is 4.23. The molecule has 1 aromatic carbocycles. The average molecular weight is 291 g/mol. The van der Waals surface area contributed by atoms with Gasteiger partial charge in [-0.15, -0.1) is 0 Å². The topological polar surface area (TPSA) is 49.3 Å². The largest absolute Gasteiger partial charge is 0.379 e. The first-order valence-electron chi connectivity index (χ1n) is 7.20. The van der Waals surface area contributed by atoms with Gasteiger partial charge in [0.25, 0.3) is 5.91 Å². The van der Waals surface area contributed by atoms with Gasteiger partial charge in [-0.1, -0.05) is 30.7 Å². The Kier molecular flexibility index (Phi) is 3.55. The number of carbonyl (C=O) groups is 1. The van der Waals surface area contributed by atoms with Crippen molar-refractivity contribution in [2.45, 2.75) is 38.3 Å². The van der Waals surface area contributed by atoms with Crippen LogP contribution in [0.2, 0.25) is 0 Å². The molecule has 3 rings (SSSR count). The Bertz CT molecular complexity index is 537. The molecule has 0 saturated carbocycles. The van der Waals surface area contributed by atoms with E-state index in [-0.39, 0.29) is 11.9 Å². The molecule has 20 heavy (non-hydrogen) atoms. The summed E-state index contributed by atoms with van der Waals surface area (Å²) >= 11 is 1.65. The SMILES string of the molecule is Cc1ccc2c(c1)C(NC(=O)C1(O)CCSC1)C(C)C2. The van der Waals surface area contributed by atoms with Gasteiger partial charge in [-0.3, -0.25) is 4.79 Å². The van der Waals surface area contributed by atoms with Crippen LogP contribution in [-0.4, -0.2) is 28.1 Å². The molecular formula is C16H21NO2S. The van der Waals surface area contributed by atoms with E-state index >= 15 is 0 Å². The lowest BCUT2D eigenvalue weighted by Gasteiger charge is -2.26. The number of nitrogens with one attached hydrogen (secondary N) is 1. The first-order chi connectivity index (χ1) is 9.49. The molecule has 1 heterocycles. The van der Waals surface area contributed by atoms with Crippen LogP contribution in [0.15, 0.2) is 18.2 Å². The molecule has 108 valence electrons. The summed E-state index contributed by atoms with van der Waals surface area (Å²) in [7, 11) is 0. The number of hydrogen-bond acceptors (Lipinski definition) is 3. The van der Waals surface area contributed by atoms with E-state index in [1.54, 1.807) is 11.8 Å². The van der Waals surface area contributed by atoms with Gasteiger partial charge in [0.1, 0.15) is 0 Å². The van der Waals surface area contributed by atoms with Crippen molar-refractivity contribution in [3.63, 3.8) is 0 Å². The number of rotatable bonds is 2. The summed E-state index contributed by atoms with van der Waals surface area (Å²) < 4.78 is 0. The molecule has 1 aliphatic carbocycles. The molecular weight excluding hydrogens is 270 g/mol. The average Bonchev–Trinajstić information content (AvgIpc) is 2.96. The van der Waals surface area contributed by atoms with Gasteiger partial charge in [-0.25, -0.2) is 0 Å². The van der Waals surface area contributed by atoms with Crippen molar-refractivity contribution in [2.24, 2.45) is 5.92 Å². The molecule has 0 radical (unpaired) electrons. The van der Waals surface area contributed by atoms with Gasteiger partial charge in [-0.05, 0) is 42.6 Å². The third-order valence-electron chi connectivity index (χ3n) is 4.46. The fraction of sp³-hybridized carbons (Fsp3) is 0.562. The summed E-state index contributed by atoms with van der Waals surface area (Å²) in [5.74, 6) is 1.56. The number of benzene rings is 1. The molecule has 1 amide bonds. The van der Waals surface area contributed by atoms with Crippen LogP contribution in [-0.2, 0) is 11.2 Å². The molecule has 0 aromatic heterocycles. The van der Waals surface area contributed by atoms with Crippen LogP contribution in [0, 0.1) is 12.8 Å². The van der Waals surface area contributed by atoms with E-state index in [0.717, 1.165) is 12.2 Å². The summed E-state index contributed by atoms with van der Waals surface area (Å²) in [6, 6.07) is 6.48. The van der Waals surface area contributed by atoms with Crippen molar-refractivity contribution in [2.75, 3.05) is 11.5 Å². The molecule has 4 heteroatoms. The predicted octanol–water partition coefficient (Wildman–Crippen LogP) is 2.21. The van der Waals surface area contributed by atoms with Crippen LogP contribution in [0.4, 0.5) is 0 Å². The Morgan fingerprint density at radius 1 is 1.50 bits per heavy atom. The first kappa shape index (κ1) is 14.0. The van der Waals surface area contributed by atoms with Crippen LogP contribution in [0.25, 0.3) is 0 Å². The third kappa shape index (κ3) is 2.35. The standard InChI is InChI=1S/C16H21NO2S/c1-10-3-4-12-8-11(2)14(13(12)7-10)17-15(18)16(19)5-6-20-9-16/h3-4,7,11,14,19H,5-6,8-9H2,1-2H3,(H,17,18). The molecule has 2 aliphatic rings. The van der Waals surface area contributed by atoms with Crippen molar-refractivity contribution in [3.05, 3.63) is 34.9 Å². The number of hydrogen-bond donors (Lipinski definition) is 2. The van der Waals surface area contributed by atoms with E-state index in [9.17, 15) is 9.90 Å². The minimum absolute atomic E-state index is 0.0343. The zero-order chi connectivity index (χ0) is 14.3. The maximum atomic E-state index is 12.4. The molecule has 1 fully saturated rings. The summed E-state index contributed by atoms with van der Waals surface area (Å²) in [4.78, 5) is 12.4. The van der Waals surface area contributed by atoms with E-state index < -0.39 is 5.60 Å². The Morgan fingerprint density at radius 3 is 3.00 bits per heavy atom. The monoisotopic (exact) mass is 291 g/mol. The highest BCUT2D eigenvalue weighted by atomic mass is 32.2. The molecule has 1 aromatic rings. The Labute approximate surface area is 124 Å². The lowest BCUT2D eigenvalue weighted by Crippen LogP contribution is -2.48. The van der Waals surface area contributed by atoms with E-state index in [0.29, 0.717) is 18.1 Å². The number of amides is 1. The van der Waals surface area contributed by atoms with Crippen molar-refractivity contribution in [3.8, 4) is 0 Å². The summed E-state index contributed by atoms with van der Waals surface area (Å²) in [6.07, 6.45) is 1.55. The van der Waals surface area contributed by atoms with Gasteiger partial charge < -0.3 is 10.4 Å². The molecule has 3 unspecified atom stereocenters. The lowest BCUT2D eigenvalue weighted by atomic mass is 9.98. The molecule has 3 atom stereocenters. The number of thioether (sulfide) groups is 1. The highest BCUT2D eigenvalue weighted by molar-refractivity contribution is 7.99. The van der Waals surface area contributed by atoms with Crippen LogP contribution in [0.3, 0.4) is 0 Å². The van der Waals surface area contributed by atoms with E-state index in [1.807, 2.05) is 0 Å². The Balaban J connectivity index is 1.81. The second-order valence-electron chi connectivity index (χ2n) is 6.17. The number of aliphatic hydroxyl groups is 1. The molecule has 1 aliphatic heterocycles. The number of carbonyl (C=O) groups excluding carboxylic acids is 1. The van der Waals surface area contributed by atoms with Gasteiger partial charge in [0, 0.05) is 5.75 Å². The minimum Gasteiger partial charge on any atom is -0.379 e. The maximum Gasteiger partial charge on any atom is 0.253 e. The number of fused-ring (bicyclic) bond motifs is 1. The summed E-state index contributed by atoms with van der Waals surface area (Å²) in [5, 5.41) is 13.5. The van der Waals surface area contributed by atoms with Crippen molar-refractivity contribution < 1.29 is 9.90 Å². The fourth-order valence-electron chi connectivity index (χ4n) is 3.19. The smallest absolute Gasteiger partial charge is 0.253 e. The minimum atomic E-state index is -1.17. The highest BCUT2D eigenvalue weighted by Crippen LogP contribution is 2.37. The normalized spacial score (nSPS) is 32.1. The van der Waals surface area contributed by atoms with Gasteiger partial charge in [-0.2, -0.15) is 11.8 Å². The van der Waals surface area contributed by atoms with Crippen molar-refractivity contribution in [1.82, 2.24) is 5.32 Å². The predicted molar refractivity (Wildman–Crippen MR) is 81.8 cm³/mol. The second-order valence-corrected chi connectivity index (χ2v) is 7.27. The Morgan fingerprint density at radius 2 is 2.30 bits per heavy atom. The van der Waals surface area contributed by atoms with E-state index in [2.05, 4.69) is 37.4 Å². The lowest BCUT2D eigenvalue weighted by molar-refractivity contribution is -0.138. The Hall–Kier alpha value is -1.000. The quantitative estimate of drug-likeness (QED) is 0.878. The zero-order valence-electron chi connectivity index (χ0n) is 12.0. The zero-order valence-corrected chi connectivity index (χ0v) is 12.8. The molecule has 2 N–H and O–H groups in total. The van der Waals surface area contributed by atoms with Crippen LogP contribution in [0.1, 0.15) is 36.1 Å². The fourth-order valence-corrected chi connectivity index (χ4v) is 4.43. The molecule has 3 nitrogen and oxygen atoms in total. The van der Waals surface area contributed by atoms with E-state index in [1.165, 1.54) is 16.7 Å². The van der Waals surface area contributed by atoms with Gasteiger partial charge >= 0.3 is 0 Å². The number of aryl methyl sites for hydroxylation is 1. The maximum absolute atomic E-state index is 12.4. The van der Waals surface area contributed by atoms with Crippen LogP contribution >= 0.6 is 11.8 Å². The molecule has 1 saturated heterocycles. The van der Waals surface area contributed by atoms with Crippen molar-refractivity contribution in [1.29, 1.82) is 0 Å². The first-order valence-corrected chi connectivity index (χ1v) is 8.35. The highest BCUT2D eigenvalue weighted by Gasteiger charge is 2.42. The molecule has 0 bridgehead atoms.